The van der Waals surface area contributed by atoms with Crippen LogP contribution in [0.5, 0.6) is 0 Å². The molecule has 0 aliphatic rings. The molecule has 0 saturated carbocycles. The third-order valence-electron chi connectivity index (χ3n) is 5.00. The molecule has 0 fully saturated rings. The summed E-state index contributed by atoms with van der Waals surface area (Å²) in [7, 11) is 1.71. The molecule has 0 atom stereocenters. The third kappa shape index (κ3) is 5.43. The van der Waals surface area contributed by atoms with E-state index in [1.807, 2.05) is 30.3 Å². The van der Waals surface area contributed by atoms with Crippen LogP contribution in [0.25, 0.3) is 16.9 Å². The number of nitrogens with zero attached hydrogens (tertiary/aromatic N) is 4. The SMILES string of the molecule is CN(CCCNc1cc(-c2ccccc2Cl)nc2c(Br)cnn12)C(=O)Nc1ccc(F)cc1. The van der Waals surface area contributed by atoms with Crippen LogP contribution >= 0.6 is 27.5 Å². The number of urea groups is 1. The van der Waals surface area contributed by atoms with Crippen molar-refractivity contribution in [1.82, 2.24) is 19.5 Å². The van der Waals surface area contributed by atoms with Crippen molar-refractivity contribution in [3.8, 4) is 11.3 Å². The Hall–Kier alpha value is -3.17. The first-order valence-electron chi connectivity index (χ1n) is 10.2. The highest BCUT2D eigenvalue weighted by Gasteiger charge is 2.13. The van der Waals surface area contributed by atoms with Gasteiger partial charge < -0.3 is 15.5 Å². The molecule has 2 aromatic carbocycles. The first-order chi connectivity index (χ1) is 15.9. The number of amides is 2. The first kappa shape index (κ1) is 23.0. The number of carbonyl (C=O) groups is 1. The van der Waals surface area contributed by atoms with Crippen molar-refractivity contribution in [3.63, 3.8) is 0 Å². The van der Waals surface area contributed by atoms with E-state index in [-0.39, 0.29) is 11.8 Å². The van der Waals surface area contributed by atoms with Crippen LogP contribution in [0.4, 0.5) is 20.7 Å². The Morgan fingerprint density at radius 3 is 2.73 bits per heavy atom. The van der Waals surface area contributed by atoms with E-state index >= 15 is 0 Å². The fraction of sp³-hybridized carbons (Fsp3) is 0.174. The number of hydrogen-bond acceptors (Lipinski definition) is 4. The van der Waals surface area contributed by atoms with Gasteiger partial charge in [-0.25, -0.2) is 14.2 Å². The molecule has 2 amide bonds. The van der Waals surface area contributed by atoms with Gasteiger partial charge in [-0.15, -0.1) is 0 Å². The Labute approximate surface area is 203 Å². The fourth-order valence-corrected chi connectivity index (χ4v) is 3.84. The van der Waals surface area contributed by atoms with Gasteiger partial charge in [-0.2, -0.15) is 9.61 Å². The average molecular weight is 532 g/mol. The molecule has 0 aliphatic carbocycles. The molecule has 0 radical (unpaired) electrons. The van der Waals surface area contributed by atoms with Crippen LogP contribution in [-0.4, -0.2) is 45.7 Å². The van der Waals surface area contributed by atoms with Crippen LogP contribution in [0.1, 0.15) is 6.42 Å². The van der Waals surface area contributed by atoms with Crippen LogP contribution in [0.15, 0.2) is 65.3 Å². The third-order valence-corrected chi connectivity index (χ3v) is 5.89. The number of carbonyl (C=O) groups excluding carboxylic acids is 1. The number of fused-ring (bicyclic) bond motifs is 1. The van der Waals surface area contributed by atoms with Gasteiger partial charge in [0.05, 0.1) is 16.4 Å². The number of rotatable bonds is 7. The van der Waals surface area contributed by atoms with Gasteiger partial charge in [0.15, 0.2) is 5.65 Å². The Morgan fingerprint density at radius 1 is 1.21 bits per heavy atom. The van der Waals surface area contributed by atoms with Crippen molar-refractivity contribution < 1.29 is 9.18 Å². The highest BCUT2D eigenvalue weighted by Crippen LogP contribution is 2.30. The summed E-state index contributed by atoms with van der Waals surface area (Å²) in [4.78, 5) is 18.6. The van der Waals surface area contributed by atoms with E-state index in [0.29, 0.717) is 35.9 Å². The van der Waals surface area contributed by atoms with Crippen LogP contribution < -0.4 is 10.6 Å². The molecule has 4 rings (SSSR count). The second-order valence-corrected chi connectivity index (χ2v) is 8.63. The Kier molecular flexibility index (Phi) is 7.10. The minimum absolute atomic E-state index is 0.259. The normalized spacial score (nSPS) is 10.9. The van der Waals surface area contributed by atoms with Gasteiger partial charge >= 0.3 is 6.03 Å². The molecule has 7 nitrogen and oxygen atoms in total. The van der Waals surface area contributed by atoms with Gasteiger partial charge in [-0.05, 0) is 52.7 Å². The molecule has 0 unspecified atom stereocenters. The van der Waals surface area contributed by atoms with Crippen molar-refractivity contribution in [2.45, 2.75) is 6.42 Å². The summed E-state index contributed by atoms with van der Waals surface area (Å²) in [6, 6.07) is 14.8. The molecular formula is C23H21BrClFN6O. The van der Waals surface area contributed by atoms with Gasteiger partial charge in [0.2, 0.25) is 0 Å². The summed E-state index contributed by atoms with van der Waals surface area (Å²) in [5, 5.41) is 11.1. The van der Waals surface area contributed by atoms with Crippen LogP contribution in [0.2, 0.25) is 5.02 Å². The van der Waals surface area contributed by atoms with Crippen molar-refractivity contribution in [2.75, 3.05) is 30.8 Å². The van der Waals surface area contributed by atoms with E-state index in [4.69, 9.17) is 16.6 Å². The fourth-order valence-electron chi connectivity index (χ4n) is 3.26. The highest BCUT2D eigenvalue weighted by molar-refractivity contribution is 9.10. The van der Waals surface area contributed by atoms with Gasteiger partial charge in [0.25, 0.3) is 0 Å². The lowest BCUT2D eigenvalue weighted by atomic mass is 10.1. The molecule has 0 saturated heterocycles. The molecule has 2 N–H and O–H groups in total. The molecular weight excluding hydrogens is 511 g/mol. The summed E-state index contributed by atoms with van der Waals surface area (Å²) < 4.78 is 15.5. The molecule has 10 heteroatoms. The summed E-state index contributed by atoms with van der Waals surface area (Å²) in [6.07, 6.45) is 2.39. The van der Waals surface area contributed by atoms with Gasteiger partial charge in [0, 0.05) is 42.5 Å². The molecule has 0 spiro atoms. The van der Waals surface area contributed by atoms with Crippen molar-refractivity contribution >= 4 is 50.7 Å². The van der Waals surface area contributed by atoms with Crippen LogP contribution in [0.3, 0.4) is 0 Å². The smallest absolute Gasteiger partial charge is 0.321 e. The number of aromatic nitrogens is 3. The van der Waals surface area contributed by atoms with Crippen LogP contribution in [0, 0.1) is 5.82 Å². The number of anilines is 2. The highest BCUT2D eigenvalue weighted by atomic mass is 79.9. The van der Waals surface area contributed by atoms with E-state index in [2.05, 4.69) is 31.7 Å². The van der Waals surface area contributed by atoms with Gasteiger partial charge in [-0.1, -0.05) is 29.8 Å². The summed E-state index contributed by atoms with van der Waals surface area (Å²) in [5.74, 6) is 0.415. The van der Waals surface area contributed by atoms with Crippen molar-refractivity contribution in [3.05, 3.63) is 76.1 Å². The maximum absolute atomic E-state index is 13.0. The van der Waals surface area contributed by atoms with E-state index in [0.717, 1.165) is 21.5 Å². The number of halogens is 3. The first-order valence-corrected chi connectivity index (χ1v) is 11.4. The molecule has 33 heavy (non-hydrogen) atoms. The van der Waals surface area contributed by atoms with E-state index < -0.39 is 0 Å². The zero-order chi connectivity index (χ0) is 23.4. The maximum Gasteiger partial charge on any atom is 0.321 e. The lowest BCUT2D eigenvalue weighted by molar-refractivity contribution is 0.222. The standard InChI is InChI=1S/C23H21BrClFN6O/c1-31(23(33)29-16-9-7-15(26)8-10-16)12-4-11-27-21-13-20(17-5-2-3-6-19(17)25)30-22-18(24)14-28-32(21)22/h2-3,5-10,13-14,27H,4,11-12H2,1H3,(H,29,33). The second kappa shape index (κ2) is 10.2. The summed E-state index contributed by atoms with van der Waals surface area (Å²) in [5.41, 5.74) is 2.77. The largest absolute Gasteiger partial charge is 0.370 e. The van der Waals surface area contributed by atoms with Gasteiger partial charge in [0.1, 0.15) is 11.6 Å². The van der Waals surface area contributed by atoms with Crippen LogP contribution in [-0.2, 0) is 0 Å². The molecule has 2 heterocycles. The quantitative estimate of drug-likeness (QED) is 0.291. The predicted molar refractivity (Wildman–Crippen MR) is 132 cm³/mol. The molecule has 4 aromatic rings. The van der Waals surface area contributed by atoms with Crippen molar-refractivity contribution in [2.24, 2.45) is 0 Å². The monoisotopic (exact) mass is 530 g/mol. The summed E-state index contributed by atoms with van der Waals surface area (Å²) in [6.45, 7) is 1.13. The molecule has 0 aliphatic heterocycles. The molecule has 170 valence electrons. The summed E-state index contributed by atoms with van der Waals surface area (Å²) >= 11 is 9.87. The number of hydrogen-bond donors (Lipinski definition) is 2. The average Bonchev–Trinajstić information content (AvgIpc) is 3.19. The zero-order valence-corrected chi connectivity index (χ0v) is 20.1. The van der Waals surface area contributed by atoms with E-state index in [1.54, 1.807) is 22.7 Å². The van der Waals surface area contributed by atoms with Gasteiger partial charge in [-0.3, -0.25) is 0 Å². The second-order valence-electron chi connectivity index (χ2n) is 7.37. The minimum Gasteiger partial charge on any atom is -0.370 e. The Balaban J connectivity index is 1.40. The number of nitrogens with one attached hydrogen (secondary N) is 2. The molecule has 2 aromatic heterocycles. The number of benzene rings is 2. The zero-order valence-electron chi connectivity index (χ0n) is 17.7. The Bertz CT molecular complexity index is 1280. The Morgan fingerprint density at radius 2 is 1.97 bits per heavy atom. The minimum atomic E-state index is -0.348. The van der Waals surface area contributed by atoms with Crippen molar-refractivity contribution in [1.29, 1.82) is 0 Å². The molecule has 0 bridgehead atoms. The maximum atomic E-state index is 13.0. The van der Waals surface area contributed by atoms with E-state index in [1.165, 1.54) is 24.3 Å². The predicted octanol–water partition coefficient (Wildman–Crippen LogP) is 5.92. The van der Waals surface area contributed by atoms with E-state index in [9.17, 15) is 9.18 Å². The topological polar surface area (TPSA) is 74.6 Å². The lowest BCUT2D eigenvalue weighted by Crippen LogP contribution is -2.32. The lowest BCUT2D eigenvalue weighted by Gasteiger charge is -2.18.